The summed E-state index contributed by atoms with van der Waals surface area (Å²) in [5.74, 6) is 0. The molecule has 0 amide bonds. The largest absolute Gasteiger partial charge is 0.310 e. The summed E-state index contributed by atoms with van der Waals surface area (Å²) >= 11 is 10.7. The summed E-state index contributed by atoms with van der Waals surface area (Å²) in [6.07, 6.45) is 5.75. The highest BCUT2D eigenvalue weighted by atomic mass is 79.9. The fraction of sp³-hybridized carbons (Fsp3) is 0.312. The summed E-state index contributed by atoms with van der Waals surface area (Å²) in [6, 6.07) is 8.68. The van der Waals surface area contributed by atoms with E-state index in [1.807, 2.05) is 18.5 Å². The molecule has 2 rings (SSSR count). The fourth-order valence-electron chi connectivity index (χ4n) is 2.20. The Hall–Kier alpha value is -0.230. The van der Waals surface area contributed by atoms with E-state index < -0.39 is 0 Å². The molecule has 21 heavy (non-hydrogen) atoms. The van der Waals surface area contributed by atoms with Gasteiger partial charge in [0.1, 0.15) is 0 Å². The Labute approximate surface area is 151 Å². The molecule has 1 unspecified atom stereocenters. The molecule has 0 aliphatic rings. The zero-order valence-corrected chi connectivity index (χ0v) is 16.5. The van der Waals surface area contributed by atoms with E-state index in [2.05, 4.69) is 83.2 Å². The molecule has 0 saturated carbocycles. The minimum absolute atomic E-state index is 0.257. The van der Waals surface area contributed by atoms with Crippen LogP contribution in [-0.2, 0) is 6.42 Å². The van der Waals surface area contributed by atoms with Crippen molar-refractivity contribution < 1.29 is 0 Å². The van der Waals surface area contributed by atoms with Crippen molar-refractivity contribution >= 4 is 47.8 Å². The van der Waals surface area contributed by atoms with Gasteiger partial charge in [0, 0.05) is 31.9 Å². The summed E-state index contributed by atoms with van der Waals surface area (Å²) in [5, 5.41) is 3.63. The van der Waals surface area contributed by atoms with E-state index in [1.165, 1.54) is 11.1 Å². The summed E-state index contributed by atoms with van der Waals surface area (Å²) in [6.45, 7) is 3.17. The predicted molar refractivity (Wildman–Crippen MR) is 98.5 cm³/mol. The van der Waals surface area contributed by atoms with Gasteiger partial charge in [-0.15, -0.1) is 0 Å². The second-order valence-corrected chi connectivity index (χ2v) is 7.57. The van der Waals surface area contributed by atoms with Crippen molar-refractivity contribution in [1.82, 2.24) is 10.3 Å². The Morgan fingerprint density at radius 3 is 2.62 bits per heavy atom. The lowest BCUT2D eigenvalue weighted by Crippen LogP contribution is -2.24. The summed E-state index contributed by atoms with van der Waals surface area (Å²) < 4.78 is 3.24. The standard InChI is InChI=1S/C16H17Br3N2/c1-2-5-21-16(7-11-6-13(18)10-20-9-11)14-8-12(17)3-4-15(14)19/h3-4,6,8-10,16,21H,2,5,7H2,1H3. The van der Waals surface area contributed by atoms with Crippen LogP contribution in [-0.4, -0.2) is 11.5 Å². The van der Waals surface area contributed by atoms with Gasteiger partial charge in [0.2, 0.25) is 0 Å². The number of nitrogens with one attached hydrogen (secondary N) is 1. The molecule has 0 aliphatic heterocycles. The normalized spacial score (nSPS) is 12.4. The number of aromatic nitrogens is 1. The van der Waals surface area contributed by atoms with Crippen LogP contribution < -0.4 is 5.32 Å². The van der Waals surface area contributed by atoms with Crippen LogP contribution in [0.25, 0.3) is 0 Å². The van der Waals surface area contributed by atoms with Gasteiger partial charge >= 0.3 is 0 Å². The minimum Gasteiger partial charge on any atom is -0.310 e. The lowest BCUT2D eigenvalue weighted by molar-refractivity contribution is 0.527. The SMILES string of the molecule is CCCNC(Cc1cncc(Br)c1)c1cc(Br)ccc1Br. The van der Waals surface area contributed by atoms with Crippen LogP contribution >= 0.6 is 47.8 Å². The second kappa shape index (κ2) is 8.42. The molecule has 0 bridgehead atoms. The minimum atomic E-state index is 0.257. The van der Waals surface area contributed by atoms with E-state index in [1.54, 1.807) is 0 Å². The van der Waals surface area contributed by atoms with Crippen molar-refractivity contribution in [3.63, 3.8) is 0 Å². The number of rotatable bonds is 6. The highest BCUT2D eigenvalue weighted by Crippen LogP contribution is 2.29. The molecule has 5 heteroatoms. The first-order valence-electron chi connectivity index (χ1n) is 6.88. The maximum atomic E-state index is 4.26. The average Bonchev–Trinajstić information content (AvgIpc) is 2.46. The summed E-state index contributed by atoms with van der Waals surface area (Å²) in [4.78, 5) is 4.26. The van der Waals surface area contributed by atoms with Crippen molar-refractivity contribution in [3.8, 4) is 0 Å². The summed E-state index contributed by atoms with van der Waals surface area (Å²) in [7, 11) is 0. The molecule has 0 aliphatic carbocycles. The Morgan fingerprint density at radius 1 is 1.10 bits per heavy atom. The maximum absolute atomic E-state index is 4.26. The number of nitrogens with zero attached hydrogens (tertiary/aromatic N) is 1. The zero-order chi connectivity index (χ0) is 15.2. The quantitative estimate of drug-likeness (QED) is 0.582. The van der Waals surface area contributed by atoms with Crippen LogP contribution in [0.4, 0.5) is 0 Å². The smallest absolute Gasteiger partial charge is 0.0410 e. The van der Waals surface area contributed by atoms with Gasteiger partial charge < -0.3 is 5.32 Å². The highest BCUT2D eigenvalue weighted by Gasteiger charge is 2.15. The third-order valence-electron chi connectivity index (χ3n) is 3.18. The van der Waals surface area contributed by atoms with Gasteiger partial charge in [-0.3, -0.25) is 4.98 Å². The Morgan fingerprint density at radius 2 is 1.90 bits per heavy atom. The van der Waals surface area contributed by atoms with E-state index in [9.17, 15) is 0 Å². The summed E-state index contributed by atoms with van der Waals surface area (Å²) in [5.41, 5.74) is 2.47. The van der Waals surface area contributed by atoms with Crippen molar-refractivity contribution in [2.45, 2.75) is 25.8 Å². The Kier molecular flexibility index (Phi) is 6.86. The van der Waals surface area contributed by atoms with Crippen LogP contribution in [0.3, 0.4) is 0 Å². The molecule has 2 nitrogen and oxygen atoms in total. The topological polar surface area (TPSA) is 24.9 Å². The van der Waals surface area contributed by atoms with Crippen LogP contribution in [0.15, 0.2) is 50.1 Å². The average molecular weight is 477 g/mol. The van der Waals surface area contributed by atoms with Gasteiger partial charge in [-0.1, -0.05) is 38.8 Å². The predicted octanol–water partition coefficient (Wildman–Crippen LogP) is 5.65. The molecule has 0 spiro atoms. The number of hydrogen-bond acceptors (Lipinski definition) is 2. The first-order chi connectivity index (χ1) is 10.1. The fourth-order valence-corrected chi connectivity index (χ4v) is 3.51. The molecular formula is C16H17Br3N2. The molecule has 112 valence electrons. The second-order valence-electron chi connectivity index (χ2n) is 4.89. The number of benzene rings is 1. The van der Waals surface area contributed by atoms with Gasteiger partial charge in [0.05, 0.1) is 0 Å². The first kappa shape index (κ1) is 17.1. The Balaban J connectivity index is 2.27. The van der Waals surface area contributed by atoms with Crippen LogP contribution in [0.5, 0.6) is 0 Å². The first-order valence-corrected chi connectivity index (χ1v) is 9.25. The monoisotopic (exact) mass is 474 g/mol. The molecule has 0 saturated heterocycles. The molecule has 1 heterocycles. The van der Waals surface area contributed by atoms with Gasteiger partial charge in [-0.2, -0.15) is 0 Å². The highest BCUT2D eigenvalue weighted by molar-refractivity contribution is 9.11. The van der Waals surface area contributed by atoms with Crippen molar-refractivity contribution in [1.29, 1.82) is 0 Å². The van der Waals surface area contributed by atoms with Crippen LogP contribution in [0, 0.1) is 0 Å². The van der Waals surface area contributed by atoms with Crippen molar-refractivity contribution in [3.05, 3.63) is 61.2 Å². The lowest BCUT2D eigenvalue weighted by Gasteiger charge is -2.21. The molecule has 1 aromatic heterocycles. The molecule has 2 aromatic rings. The van der Waals surface area contributed by atoms with E-state index in [4.69, 9.17) is 0 Å². The van der Waals surface area contributed by atoms with Gasteiger partial charge in [-0.25, -0.2) is 0 Å². The molecule has 1 aromatic carbocycles. The molecule has 1 atom stereocenters. The number of pyridine rings is 1. The van der Waals surface area contributed by atoms with Crippen molar-refractivity contribution in [2.24, 2.45) is 0 Å². The van der Waals surface area contributed by atoms with E-state index >= 15 is 0 Å². The number of halogens is 3. The Bertz CT molecular complexity index is 602. The van der Waals surface area contributed by atoms with Crippen LogP contribution in [0.1, 0.15) is 30.5 Å². The van der Waals surface area contributed by atoms with Crippen molar-refractivity contribution in [2.75, 3.05) is 6.54 Å². The molecular weight excluding hydrogens is 460 g/mol. The van der Waals surface area contributed by atoms with Gasteiger partial charge in [0.25, 0.3) is 0 Å². The van der Waals surface area contributed by atoms with E-state index in [0.29, 0.717) is 0 Å². The third-order valence-corrected chi connectivity index (χ3v) is 4.82. The molecule has 0 fully saturated rings. The zero-order valence-electron chi connectivity index (χ0n) is 11.7. The molecule has 0 radical (unpaired) electrons. The maximum Gasteiger partial charge on any atom is 0.0410 e. The van der Waals surface area contributed by atoms with Crippen LogP contribution in [0.2, 0.25) is 0 Å². The van der Waals surface area contributed by atoms with Gasteiger partial charge in [-0.05, 0) is 70.7 Å². The lowest BCUT2D eigenvalue weighted by atomic mass is 9.99. The van der Waals surface area contributed by atoms with Gasteiger partial charge in [0.15, 0.2) is 0 Å². The number of hydrogen-bond donors (Lipinski definition) is 1. The molecule has 1 N–H and O–H groups in total. The van der Waals surface area contributed by atoms with E-state index in [0.717, 1.165) is 32.8 Å². The third kappa shape index (κ3) is 5.16. The van der Waals surface area contributed by atoms with E-state index in [-0.39, 0.29) is 6.04 Å².